The zero-order valence-corrected chi connectivity index (χ0v) is 17.9. The highest BCUT2D eigenvalue weighted by Gasteiger charge is 2.28. The molecule has 0 bridgehead atoms. The number of rotatable bonds is 4. The van der Waals surface area contributed by atoms with Crippen LogP contribution in [0.2, 0.25) is 0 Å². The number of nitrogens with one attached hydrogen (secondary N) is 3. The smallest absolute Gasteiger partial charge is 0.407 e. The number of ether oxygens (including phenoxy) is 1. The predicted molar refractivity (Wildman–Crippen MR) is 115 cm³/mol. The van der Waals surface area contributed by atoms with Gasteiger partial charge in [0.25, 0.3) is 0 Å². The van der Waals surface area contributed by atoms with Crippen molar-refractivity contribution in [3.63, 3.8) is 0 Å². The quantitative estimate of drug-likeness (QED) is 0.461. The number of anilines is 1. The number of carbonyl (C=O) groups excluding carboxylic acids is 1. The fraction of sp³-hybridized carbons (Fsp3) is 0.368. The number of pyridine rings is 1. The summed E-state index contributed by atoms with van der Waals surface area (Å²) in [6.45, 7) is 0. The minimum absolute atomic E-state index is 0.117. The number of alkyl carbamates (subject to hydrolysis) is 1. The van der Waals surface area contributed by atoms with E-state index in [0.29, 0.717) is 5.82 Å². The van der Waals surface area contributed by atoms with Gasteiger partial charge in [-0.1, -0.05) is 12.8 Å². The number of carbonyl (C=O) groups is 1. The molecule has 3 aromatic heterocycles. The van der Waals surface area contributed by atoms with Crippen LogP contribution in [0, 0.1) is 9.39 Å². The second kappa shape index (κ2) is 8.47. The molecule has 152 valence electrons. The first-order valence-corrected chi connectivity index (χ1v) is 10.4. The average Bonchev–Trinajstić information content (AvgIpc) is 3.14. The van der Waals surface area contributed by atoms with Crippen molar-refractivity contribution in [3.8, 4) is 11.4 Å². The van der Waals surface area contributed by atoms with Crippen molar-refractivity contribution in [2.24, 2.45) is 0 Å². The summed E-state index contributed by atoms with van der Waals surface area (Å²) in [4.78, 5) is 27.7. The van der Waals surface area contributed by atoms with E-state index in [9.17, 15) is 9.18 Å². The molecule has 1 saturated carbocycles. The Bertz CT molecular complexity index is 1040. The lowest BCUT2D eigenvalue weighted by atomic mass is 9.90. The Morgan fingerprint density at radius 2 is 2.07 bits per heavy atom. The van der Waals surface area contributed by atoms with E-state index >= 15 is 0 Å². The number of fused-ring (bicyclic) bond motifs is 1. The van der Waals surface area contributed by atoms with Crippen LogP contribution in [0.1, 0.15) is 25.7 Å². The van der Waals surface area contributed by atoms with Crippen molar-refractivity contribution in [3.05, 3.63) is 34.0 Å². The summed E-state index contributed by atoms with van der Waals surface area (Å²) in [5, 5.41) is 6.87. The van der Waals surface area contributed by atoms with Gasteiger partial charge in [-0.05, 0) is 41.5 Å². The number of aromatic nitrogens is 4. The number of hydrogen-bond donors (Lipinski definition) is 3. The van der Waals surface area contributed by atoms with Crippen LogP contribution in [-0.4, -0.2) is 45.2 Å². The van der Waals surface area contributed by atoms with Gasteiger partial charge in [0.1, 0.15) is 5.65 Å². The molecular weight excluding hydrogens is 490 g/mol. The van der Waals surface area contributed by atoms with Crippen molar-refractivity contribution >= 4 is 45.5 Å². The molecule has 0 radical (unpaired) electrons. The molecule has 0 spiro atoms. The first-order valence-electron chi connectivity index (χ1n) is 9.31. The fourth-order valence-corrected chi connectivity index (χ4v) is 4.07. The number of H-pyrrole nitrogens is 1. The van der Waals surface area contributed by atoms with E-state index in [2.05, 4.69) is 53.2 Å². The van der Waals surface area contributed by atoms with E-state index in [1.807, 2.05) is 6.07 Å². The number of methoxy groups -OCH3 is 1. The highest BCUT2D eigenvalue weighted by molar-refractivity contribution is 14.1. The second-order valence-corrected chi connectivity index (χ2v) is 8.17. The number of hydrogen-bond acceptors (Lipinski definition) is 6. The third-order valence-electron chi connectivity index (χ3n) is 5.06. The maximum atomic E-state index is 14.5. The van der Waals surface area contributed by atoms with E-state index in [4.69, 9.17) is 4.74 Å². The molecule has 1 aliphatic carbocycles. The molecule has 1 fully saturated rings. The Kier molecular flexibility index (Phi) is 5.79. The Morgan fingerprint density at radius 3 is 2.86 bits per heavy atom. The van der Waals surface area contributed by atoms with Gasteiger partial charge in [-0.25, -0.2) is 24.1 Å². The first-order chi connectivity index (χ1) is 14.0. The van der Waals surface area contributed by atoms with Crippen LogP contribution in [0.15, 0.2) is 24.7 Å². The van der Waals surface area contributed by atoms with E-state index in [0.717, 1.165) is 52.0 Å². The number of aromatic amines is 1. The predicted octanol–water partition coefficient (Wildman–Crippen LogP) is 3.84. The SMILES string of the molecule is COC(=O)N[C@H]1CCCCC1Nc1nc(-c2c[nH]c3ncc(I)cc23)ncc1F. The summed E-state index contributed by atoms with van der Waals surface area (Å²) in [6, 6.07) is 1.67. The molecule has 3 heterocycles. The van der Waals surface area contributed by atoms with E-state index in [1.54, 1.807) is 12.4 Å². The van der Waals surface area contributed by atoms with Crippen LogP contribution in [-0.2, 0) is 4.74 Å². The van der Waals surface area contributed by atoms with Gasteiger partial charge in [0.15, 0.2) is 17.5 Å². The van der Waals surface area contributed by atoms with Gasteiger partial charge in [0, 0.05) is 33.0 Å². The van der Waals surface area contributed by atoms with E-state index < -0.39 is 11.9 Å². The van der Waals surface area contributed by atoms with Crippen LogP contribution >= 0.6 is 22.6 Å². The lowest BCUT2D eigenvalue weighted by molar-refractivity contribution is 0.161. The summed E-state index contributed by atoms with van der Waals surface area (Å²) >= 11 is 2.19. The lowest BCUT2D eigenvalue weighted by Crippen LogP contribution is -2.48. The number of amides is 1. The van der Waals surface area contributed by atoms with Crippen LogP contribution in [0.4, 0.5) is 15.0 Å². The molecule has 0 saturated heterocycles. The normalized spacial score (nSPS) is 19.1. The monoisotopic (exact) mass is 510 g/mol. The van der Waals surface area contributed by atoms with Crippen molar-refractivity contribution < 1.29 is 13.9 Å². The van der Waals surface area contributed by atoms with Gasteiger partial charge in [0.05, 0.1) is 19.3 Å². The molecule has 4 rings (SSSR count). The third-order valence-corrected chi connectivity index (χ3v) is 5.65. The fourth-order valence-electron chi connectivity index (χ4n) is 3.62. The van der Waals surface area contributed by atoms with Crippen molar-refractivity contribution in [1.82, 2.24) is 25.3 Å². The molecule has 0 aromatic carbocycles. The Hall–Kier alpha value is -2.50. The molecule has 10 heteroatoms. The summed E-state index contributed by atoms with van der Waals surface area (Å²) in [5.74, 6) is -0.0209. The van der Waals surface area contributed by atoms with Gasteiger partial charge in [-0.15, -0.1) is 0 Å². The second-order valence-electron chi connectivity index (χ2n) is 6.92. The molecule has 1 unspecified atom stereocenters. The summed E-state index contributed by atoms with van der Waals surface area (Å²) in [7, 11) is 1.33. The van der Waals surface area contributed by atoms with Gasteiger partial charge in [0.2, 0.25) is 0 Å². The van der Waals surface area contributed by atoms with Crippen LogP contribution in [0.3, 0.4) is 0 Å². The Balaban J connectivity index is 1.62. The summed E-state index contributed by atoms with van der Waals surface area (Å²) < 4.78 is 20.2. The molecule has 1 aliphatic rings. The Labute approximate surface area is 180 Å². The molecule has 2 atom stereocenters. The van der Waals surface area contributed by atoms with Gasteiger partial charge in [-0.2, -0.15) is 0 Å². The maximum absolute atomic E-state index is 14.5. The van der Waals surface area contributed by atoms with Gasteiger partial charge in [-0.3, -0.25) is 0 Å². The van der Waals surface area contributed by atoms with Crippen molar-refractivity contribution in [2.75, 3.05) is 12.4 Å². The zero-order valence-electron chi connectivity index (χ0n) is 15.7. The largest absolute Gasteiger partial charge is 0.453 e. The molecule has 29 heavy (non-hydrogen) atoms. The maximum Gasteiger partial charge on any atom is 0.407 e. The standard InChI is InChI=1S/C19H20FIN6O2/c1-29-19(28)26-15-5-3-2-4-14(15)25-18-13(20)9-24-17(27-18)12-8-23-16-11(12)6-10(21)7-22-16/h6-9,14-15H,2-5H2,1H3,(H,22,23)(H,26,28)(H,24,25,27)/t14?,15-/m0/s1. The molecular formula is C19H20FIN6O2. The minimum atomic E-state index is -0.538. The van der Waals surface area contributed by atoms with Crippen molar-refractivity contribution in [1.29, 1.82) is 0 Å². The highest BCUT2D eigenvalue weighted by Crippen LogP contribution is 2.28. The zero-order chi connectivity index (χ0) is 20.4. The highest BCUT2D eigenvalue weighted by atomic mass is 127. The minimum Gasteiger partial charge on any atom is -0.453 e. The van der Waals surface area contributed by atoms with Crippen molar-refractivity contribution in [2.45, 2.75) is 37.8 Å². The summed E-state index contributed by atoms with van der Waals surface area (Å²) in [6.07, 6.45) is 7.77. The van der Waals surface area contributed by atoms with Crippen LogP contribution in [0.5, 0.6) is 0 Å². The first kappa shape index (κ1) is 19.8. The molecule has 1 amide bonds. The van der Waals surface area contributed by atoms with Crippen LogP contribution < -0.4 is 10.6 Å². The lowest BCUT2D eigenvalue weighted by Gasteiger charge is -2.32. The molecule has 3 aromatic rings. The van der Waals surface area contributed by atoms with Crippen LogP contribution in [0.25, 0.3) is 22.4 Å². The van der Waals surface area contributed by atoms with Gasteiger partial charge >= 0.3 is 6.09 Å². The average molecular weight is 510 g/mol. The summed E-state index contributed by atoms with van der Waals surface area (Å²) in [5.41, 5.74) is 1.47. The molecule has 8 nitrogen and oxygen atoms in total. The topological polar surface area (TPSA) is 105 Å². The third kappa shape index (κ3) is 4.26. The number of halogens is 2. The van der Waals surface area contributed by atoms with Gasteiger partial charge < -0.3 is 20.4 Å². The van der Waals surface area contributed by atoms with E-state index in [1.165, 1.54) is 7.11 Å². The molecule has 0 aliphatic heterocycles. The number of nitrogens with zero attached hydrogens (tertiary/aromatic N) is 3. The Morgan fingerprint density at radius 1 is 1.28 bits per heavy atom. The van der Waals surface area contributed by atoms with E-state index in [-0.39, 0.29) is 17.9 Å². The molecule has 3 N–H and O–H groups in total.